The minimum absolute atomic E-state index is 0.0194. The second-order valence-electron chi connectivity index (χ2n) is 3.87. The molecule has 0 rings (SSSR count). The van der Waals surface area contributed by atoms with E-state index < -0.39 is 5.97 Å². The Morgan fingerprint density at radius 3 is 2.29 bits per heavy atom. The molecule has 0 saturated heterocycles. The summed E-state index contributed by atoms with van der Waals surface area (Å²) < 4.78 is 0. The minimum Gasteiger partial charge on any atom is -0.481 e. The molecule has 0 radical (unpaired) electrons. The molecule has 0 fully saturated rings. The molecule has 0 heterocycles. The maximum Gasteiger partial charge on any atom is 0.303 e. The van der Waals surface area contributed by atoms with E-state index in [2.05, 4.69) is 0 Å². The summed E-state index contributed by atoms with van der Waals surface area (Å²) in [5.41, 5.74) is 2.01. The number of carboxylic acid groups (broad SMARTS) is 1. The third kappa shape index (κ3) is 6.42. The van der Waals surface area contributed by atoms with Crippen LogP contribution < -0.4 is 11.3 Å². The molecule has 4 N–H and O–H groups in total. The Morgan fingerprint density at radius 1 is 1.36 bits per heavy atom. The number of carbonyl (C=O) groups is 2. The van der Waals surface area contributed by atoms with Gasteiger partial charge in [-0.2, -0.15) is 0 Å². The second-order valence-corrected chi connectivity index (χ2v) is 3.87. The molecule has 0 saturated carbocycles. The van der Waals surface area contributed by atoms with Gasteiger partial charge >= 0.3 is 5.97 Å². The van der Waals surface area contributed by atoms with Crippen molar-refractivity contribution >= 4 is 11.9 Å². The van der Waals surface area contributed by atoms with Crippen molar-refractivity contribution in [2.75, 3.05) is 0 Å². The largest absolute Gasteiger partial charge is 0.481 e. The first kappa shape index (κ1) is 12.9. The Hall–Kier alpha value is -1.10. The van der Waals surface area contributed by atoms with Crippen LogP contribution in [0.5, 0.6) is 0 Å². The Kier molecular flexibility index (Phi) is 5.87. The van der Waals surface area contributed by atoms with Crippen molar-refractivity contribution in [3.8, 4) is 0 Å². The van der Waals surface area contributed by atoms with Gasteiger partial charge in [-0.1, -0.05) is 13.8 Å². The number of nitrogens with two attached hydrogens (primary N) is 1. The van der Waals surface area contributed by atoms with E-state index in [0.29, 0.717) is 5.92 Å². The molecule has 0 aromatic carbocycles. The van der Waals surface area contributed by atoms with Crippen LogP contribution in [0.4, 0.5) is 0 Å². The van der Waals surface area contributed by atoms with Crippen LogP contribution in [-0.2, 0) is 9.59 Å². The normalized spacial score (nSPS) is 12.6. The van der Waals surface area contributed by atoms with Gasteiger partial charge in [0, 0.05) is 12.8 Å². The van der Waals surface area contributed by atoms with Crippen LogP contribution in [0.15, 0.2) is 0 Å². The van der Waals surface area contributed by atoms with Crippen molar-refractivity contribution in [1.29, 1.82) is 0 Å². The zero-order valence-electron chi connectivity index (χ0n) is 8.62. The van der Waals surface area contributed by atoms with Gasteiger partial charge in [0.1, 0.15) is 0 Å². The van der Waals surface area contributed by atoms with Gasteiger partial charge in [0.2, 0.25) is 5.91 Å². The van der Waals surface area contributed by atoms with Crippen molar-refractivity contribution < 1.29 is 14.7 Å². The lowest BCUT2D eigenvalue weighted by atomic mass is 9.91. The predicted octanol–water partition coefficient (Wildman–Crippen LogP) is 0.503. The van der Waals surface area contributed by atoms with E-state index in [1.807, 2.05) is 19.3 Å². The maximum atomic E-state index is 11.0. The molecule has 1 unspecified atom stereocenters. The van der Waals surface area contributed by atoms with Crippen LogP contribution in [0.2, 0.25) is 0 Å². The van der Waals surface area contributed by atoms with Crippen LogP contribution >= 0.6 is 0 Å². The fraction of sp³-hybridized carbons (Fsp3) is 0.778. The lowest BCUT2D eigenvalue weighted by Gasteiger charge is -2.15. The van der Waals surface area contributed by atoms with Crippen molar-refractivity contribution in [2.45, 2.75) is 33.1 Å². The third-order valence-electron chi connectivity index (χ3n) is 1.90. The van der Waals surface area contributed by atoms with Crippen LogP contribution in [0.3, 0.4) is 0 Å². The number of carboxylic acids is 1. The van der Waals surface area contributed by atoms with E-state index in [0.717, 1.165) is 6.42 Å². The standard InChI is InChI=1S/C9H18N2O3/c1-6(2)3-7(5-9(13)14)4-8(12)11-10/h6-7H,3-5,10H2,1-2H3,(H,11,12)(H,13,14). The number of hydrogen-bond acceptors (Lipinski definition) is 3. The SMILES string of the molecule is CC(C)CC(CC(=O)O)CC(=O)NN. The smallest absolute Gasteiger partial charge is 0.303 e. The summed E-state index contributed by atoms with van der Waals surface area (Å²) in [5.74, 6) is 4.00. The summed E-state index contributed by atoms with van der Waals surface area (Å²) in [6, 6.07) is 0. The summed E-state index contributed by atoms with van der Waals surface area (Å²) in [4.78, 5) is 21.5. The number of rotatable bonds is 6. The second kappa shape index (κ2) is 6.37. The first-order chi connectivity index (χ1) is 6.45. The molecular formula is C9H18N2O3. The van der Waals surface area contributed by atoms with Gasteiger partial charge in [-0.3, -0.25) is 15.0 Å². The Morgan fingerprint density at radius 2 is 1.93 bits per heavy atom. The van der Waals surface area contributed by atoms with Crippen molar-refractivity contribution in [2.24, 2.45) is 17.7 Å². The fourth-order valence-corrected chi connectivity index (χ4v) is 1.47. The number of aliphatic carboxylic acids is 1. The van der Waals surface area contributed by atoms with Gasteiger partial charge in [-0.05, 0) is 18.3 Å². The van der Waals surface area contributed by atoms with E-state index in [4.69, 9.17) is 10.9 Å². The summed E-state index contributed by atoms with van der Waals surface area (Å²) in [5, 5.41) is 8.62. The van der Waals surface area contributed by atoms with Crippen LogP contribution in [0.1, 0.15) is 33.1 Å². The molecule has 14 heavy (non-hydrogen) atoms. The monoisotopic (exact) mass is 202 g/mol. The highest BCUT2D eigenvalue weighted by atomic mass is 16.4. The Balaban J connectivity index is 4.09. The molecule has 5 nitrogen and oxygen atoms in total. The molecule has 0 aliphatic heterocycles. The zero-order valence-corrected chi connectivity index (χ0v) is 8.62. The summed E-state index contributed by atoms with van der Waals surface area (Å²) >= 11 is 0. The van der Waals surface area contributed by atoms with Gasteiger partial charge in [-0.25, -0.2) is 5.84 Å². The molecule has 1 atom stereocenters. The molecule has 0 aliphatic carbocycles. The number of amides is 1. The van der Waals surface area contributed by atoms with E-state index in [1.54, 1.807) is 0 Å². The minimum atomic E-state index is -0.875. The number of carbonyl (C=O) groups excluding carboxylic acids is 1. The first-order valence-corrected chi connectivity index (χ1v) is 4.67. The van der Waals surface area contributed by atoms with Crippen molar-refractivity contribution in [3.63, 3.8) is 0 Å². The first-order valence-electron chi connectivity index (χ1n) is 4.67. The maximum absolute atomic E-state index is 11.0. The van der Waals surface area contributed by atoms with Gasteiger partial charge in [0.25, 0.3) is 0 Å². The summed E-state index contributed by atoms with van der Waals surface area (Å²) in [6.45, 7) is 3.99. The number of nitrogens with one attached hydrogen (secondary N) is 1. The molecule has 0 aromatic rings. The molecule has 0 bridgehead atoms. The van der Waals surface area contributed by atoms with Crippen LogP contribution in [0, 0.1) is 11.8 Å². The lowest BCUT2D eigenvalue weighted by molar-refractivity contribution is -0.138. The van der Waals surface area contributed by atoms with Gasteiger partial charge in [-0.15, -0.1) is 0 Å². The van der Waals surface area contributed by atoms with Crippen LogP contribution in [-0.4, -0.2) is 17.0 Å². The molecular weight excluding hydrogens is 184 g/mol. The van der Waals surface area contributed by atoms with E-state index in [1.165, 1.54) is 0 Å². The molecule has 1 amide bonds. The van der Waals surface area contributed by atoms with Gasteiger partial charge in [0.15, 0.2) is 0 Å². The highest BCUT2D eigenvalue weighted by Crippen LogP contribution is 2.18. The average molecular weight is 202 g/mol. The molecule has 0 spiro atoms. The number of hydrazine groups is 1. The molecule has 0 aliphatic rings. The number of hydrogen-bond donors (Lipinski definition) is 3. The Labute approximate surface area is 83.6 Å². The average Bonchev–Trinajstić information content (AvgIpc) is 2.01. The highest BCUT2D eigenvalue weighted by Gasteiger charge is 2.17. The Bertz CT molecular complexity index is 204. The van der Waals surface area contributed by atoms with Crippen LogP contribution in [0.25, 0.3) is 0 Å². The van der Waals surface area contributed by atoms with Crippen molar-refractivity contribution in [3.05, 3.63) is 0 Å². The summed E-state index contributed by atoms with van der Waals surface area (Å²) in [6.07, 6.45) is 0.923. The quantitative estimate of drug-likeness (QED) is 0.332. The van der Waals surface area contributed by atoms with E-state index in [9.17, 15) is 9.59 Å². The van der Waals surface area contributed by atoms with Gasteiger partial charge < -0.3 is 5.11 Å². The van der Waals surface area contributed by atoms with Gasteiger partial charge in [0.05, 0.1) is 0 Å². The summed E-state index contributed by atoms with van der Waals surface area (Å²) in [7, 11) is 0. The molecule has 0 aromatic heterocycles. The molecule has 5 heteroatoms. The lowest BCUT2D eigenvalue weighted by Crippen LogP contribution is -2.32. The fourth-order valence-electron chi connectivity index (χ4n) is 1.47. The topological polar surface area (TPSA) is 92.4 Å². The third-order valence-corrected chi connectivity index (χ3v) is 1.90. The van der Waals surface area contributed by atoms with Crippen molar-refractivity contribution in [1.82, 2.24) is 5.43 Å². The van der Waals surface area contributed by atoms with E-state index in [-0.39, 0.29) is 24.7 Å². The zero-order chi connectivity index (χ0) is 11.1. The highest BCUT2D eigenvalue weighted by molar-refractivity contribution is 5.76. The predicted molar refractivity (Wildman–Crippen MR) is 52.1 cm³/mol. The molecule has 82 valence electrons. The van der Waals surface area contributed by atoms with E-state index >= 15 is 0 Å².